The molecule has 38 heavy (non-hydrogen) atoms. The maximum atomic E-state index is 11.8. The molecule has 0 saturated carbocycles. The van der Waals surface area contributed by atoms with Crippen LogP contribution in [0, 0.1) is 0 Å². The summed E-state index contributed by atoms with van der Waals surface area (Å²) in [6, 6.07) is 12.9. The number of rotatable bonds is 20. The molecule has 0 aromatic heterocycles. The van der Waals surface area contributed by atoms with E-state index in [9.17, 15) is 13.7 Å². The summed E-state index contributed by atoms with van der Waals surface area (Å²) in [6.07, 6.45) is 0. The Labute approximate surface area is 218 Å². The number of hydrogen-bond acceptors (Lipinski definition) is 11. The van der Waals surface area contributed by atoms with Gasteiger partial charge >= 0.3 is 23.9 Å². The summed E-state index contributed by atoms with van der Waals surface area (Å²) in [7, 11) is -11.4. The molecule has 0 aliphatic heterocycles. The minimum atomic E-state index is -4.52. The SMILES string of the molecule is O=[P+](OCCOc1ccc(OCCOP(=O)(O)O)cc1)OCCOc1ccc(OCCOP(=O)(O)O)cc1. The third kappa shape index (κ3) is 16.0. The Morgan fingerprint density at radius 1 is 0.500 bits per heavy atom. The Kier molecular flexibility index (Phi) is 14.2. The molecule has 4 N–H and O–H groups in total. The van der Waals surface area contributed by atoms with Crippen LogP contribution in [0.4, 0.5) is 0 Å². The summed E-state index contributed by atoms with van der Waals surface area (Å²) >= 11 is 0. The van der Waals surface area contributed by atoms with Gasteiger partial charge in [-0.1, -0.05) is 0 Å². The molecule has 0 unspecified atom stereocenters. The van der Waals surface area contributed by atoms with Crippen LogP contribution in [0.15, 0.2) is 48.5 Å². The van der Waals surface area contributed by atoms with Gasteiger partial charge in [0, 0.05) is 4.57 Å². The van der Waals surface area contributed by atoms with Gasteiger partial charge in [0.1, 0.15) is 62.6 Å². The lowest BCUT2D eigenvalue weighted by molar-refractivity contribution is 0.160. The topological polar surface area (TPSA) is 206 Å². The third-order valence-electron chi connectivity index (χ3n) is 3.97. The van der Waals surface area contributed by atoms with Crippen molar-refractivity contribution in [2.45, 2.75) is 0 Å². The van der Waals surface area contributed by atoms with Crippen molar-refractivity contribution >= 4 is 23.9 Å². The first-order valence-corrected chi connectivity index (χ1v) is 15.0. The van der Waals surface area contributed by atoms with Gasteiger partial charge < -0.3 is 38.5 Å². The van der Waals surface area contributed by atoms with Crippen molar-refractivity contribution in [3.8, 4) is 23.0 Å². The molecule has 0 spiro atoms. The zero-order chi connectivity index (χ0) is 27.9. The molecule has 0 fully saturated rings. The number of hydrogen-bond donors (Lipinski definition) is 4. The summed E-state index contributed by atoms with van der Waals surface area (Å²) in [5.74, 6) is 1.92. The van der Waals surface area contributed by atoms with E-state index < -0.39 is 23.9 Å². The molecule has 212 valence electrons. The van der Waals surface area contributed by atoms with Gasteiger partial charge in [0.05, 0.1) is 13.2 Å². The highest BCUT2D eigenvalue weighted by Gasteiger charge is 2.20. The van der Waals surface area contributed by atoms with E-state index in [1.165, 1.54) is 0 Å². The first-order valence-electron chi connectivity index (χ1n) is 10.8. The van der Waals surface area contributed by atoms with Crippen LogP contribution in [0.5, 0.6) is 23.0 Å². The highest BCUT2D eigenvalue weighted by Crippen LogP contribution is 2.36. The Hall–Kier alpha value is -2.12. The maximum Gasteiger partial charge on any atom is 0.697 e. The zero-order valence-corrected chi connectivity index (χ0v) is 22.6. The highest BCUT2D eigenvalue weighted by atomic mass is 31.2. The minimum Gasteiger partial charge on any atom is -0.491 e. The molecule has 0 aliphatic rings. The molecule has 0 heterocycles. The van der Waals surface area contributed by atoms with Crippen LogP contribution in [-0.2, 0) is 31.8 Å². The van der Waals surface area contributed by atoms with Crippen LogP contribution in [0.25, 0.3) is 0 Å². The Morgan fingerprint density at radius 3 is 1.03 bits per heavy atom. The normalized spacial score (nSPS) is 11.7. The molecule has 2 aromatic rings. The number of phosphoric ester groups is 2. The van der Waals surface area contributed by atoms with Gasteiger partial charge in [-0.15, -0.1) is 9.05 Å². The van der Waals surface area contributed by atoms with Crippen molar-refractivity contribution in [3.05, 3.63) is 48.5 Å². The molecular weight excluding hydrogens is 573 g/mol. The van der Waals surface area contributed by atoms with E-state index in [1.807, 2.05) is 0 Å². The molecule has 0 radical (unpaired) electrons. The average molecular weight is 601 g/mol. The van der Waals surface area contributed by atoms with E-state index in [0.717, 1.165) is 0 Å². The lowest BCUT2D eigenvalue weighted by atomic mass is 10.3. The summed E-state index contributed by atoms with van der Waals surface area (Å²) < 4.78 is 73.0. The fraction of sp³-hybridized carbons (Fsp3) is 0.400. The van der Waals surface area contributed by atoms with Crippen LogP contribution in [0.3, 0.4) is 0 Å². The third-order valence-corrected chi connectivity index (χ3v) is 5.79. The molecule has 0 bridgehead atoms. The molecule has 15 nitrogen and oxygen atoms in total. The van der Waals surface area contributed by atoms with Gasteiger partial charge in [0.25, 0.3) is 0 Å². The average Bonchev–Trinajstić information content (AvgIpc) is 2.85. The van der Waals surface area contributed by atoms with Crippen LogP contribution in [-0.4, -0.2) is 72.4 Å². The maximum absolute atomic E-state index is 11.8. The molecule has 0 amide bonds. The van der Waals surface area contributed by atoms with E-state index in [4.69, 9.17) is 47.6 Å². The van der Waals surface area contributed by atoms with Crippen LogP contribution >= 0.6 is 23.9 Å². The molecule has 2 rings (SSSR count). The van der Waals surface area contributed by atoms with Crippen LogP contribution in [0.2, 0.25) is 0 Å². The van der Waals surface area contributed by atoms with Gasteiger partial charge in [0.15, 0.2) is 0 Å². The van der Waals surface area contributed by atoms with E-state index in [1.54, 1.807) is 48.5 Å². The Morgan fingerprint density at radius 2 is 0.763 bits per heavy atom. The van der Waals surface area contributed by atoms with Crippen molar-refractivity contribution in [1.82, 2.24) is 0 Å². The highest BCUT2D eigenvalue weighted by molar-refractivity contribution is 7.46. The minimum absolute atomic E-state index is 0.00862. The molecule has 0 saturated heterocycles. The molecule has 2 aromatic carbocycles. The number of ether oxygens (including phenoxy) is 4. The molecule has 0 atom stereocenters. The van der Waals surface area contributed by atoms with Crippen molar-refractivity contribution in [2.24, 2.45) is 0 Å². The zero-order valence-electron chi connectivity index (χ0n) is 19.9. The number of benzene rings is 2. The fourth-order valence-corrected chi connectivity index (χ4v) is 3.62. The summed E-state index contributed by atoms with van der Waals surface area (Å²) in [5.41, 5.74) is 0. The first-order chi connectivity index (χ1) is 18.0. The predicted octanol–water partition coefficient (Wildman–Crippen LogP) is 2.81. The van der Waals surface area contributed by atoms with Gasteiger partial charge in [0.2, 0.25) is 0 Å². The van der Waals surface area contributed by atoms with E-state index >= 15 is 0 Å². The monoisotopic (exact) mass is 601 g/mol. The van der Waals surface area contributed by atoms with Gasteiger partial charge in [-0.2, -0.15) is 0 Å². The van der Waals surface area contributed by atoms with Gasteiger partial charge in [-0.25, -0.2) is 9.13 Å². The smallest absolute Gasteiger partial charge is 0.491 e. The second-order valence-corrected chi connectivity index (χ2v) is 10.3. The quantitative estimate of drug-likeness (QED) is 0.127. The fourth-order valence-electron chi connectivity index (χ4n) is 2.48. The summed E-state index contributed by atoms with van der Waals surface area (Å²) in [4.78, 5) is 34.4. The Bertz CT molecular complexity index is 969. The van der Waals surface area contributed by atoms with Crippen molar-refractivity contribution < 1.29 is 70.3 Å². The summed E-state index contributed by atoms with van der Waals surface area (Å²) in [5, 5.41) is 0. The van der Waals surface area contributed by atoms with E-state index in [0.29, 0.717) is 23.0 Å². The lowest BCUT2D eigenvalue weighted by Gasteiger charge is -2.09. The summed E-state index contributed by atoms with van der Waals surface area (Å²) in [6.45, 7) is -0.379. The standard InChI is InChI=1S/C20H27O15P3/c21-36(32-13-9-28-17-1-5-19(6-2-17)30-11-15-34-37(22,23)24)33-14-10-29-18-3-7-20(8-4-18)31-12-16-35-38(25,26)27/h1-8H,9-16H2,(H3-,22,23,24,25,26,27)/p+1. The second-order valence-electron chi connectivity index (χ2n) is 6.87. The van der Waals surface area contributed by atoms with Crippen molar-refractivity contribution in [2.75, 3.05) is 52.9 Å². The largest absolute Gasteiger partial charge is 0.697 e. The first kappa shape index (κ1) is 32.1. The number of phosphoric acid groups is 2. The molecular formula is C20H28O15P3+. The van der Waals surface area contributed by atoms with E-state index in [2.05, 4.69) is 9.05 Å². The lowest BCUT2D eigenvalue weighted by Crippen LogP contribution is -2.07. The van der Waals surface area contributed by atoms with Crippen LogP contribution < -0.4 is 18.9 Å². The molecule has 0 aliphatic carbocycles. The van der Waals surface area contributed by atoms with Crippen molar-refractivity contribution in [3.63, 3.8) is 0 Å². The van der Waals surface area contributed by atoms with Crippen molar-refractivity contribution in [1.29, 1.82) is 0 Å². The molecule has 18 heteroatoms. The Balaban J connectivity index is 1.50. The predicted molar refractivity (Wildman–Crippen MR) is 130 cm³/mol. The van der Waals surface area contributed by atoms with Gasteiger partial charge in [-0.05, 0) is 48.5 Å². The van der Waals surface area contributed by atoms with Crippen LogP contribution in [0.1, 0.15) is 0 Å². The second kappa shape index (κ2) is 16.8. The van der Waals surface area contributed by atoms with E-state index in [-0.39, 0.29) is 52.9 Å². The van der Waals surface area contributed by atoms with Gasteiger partial charge in [-0.3, -0.25) is 9.05 Å².